The molecule has 19 heavy (non-hydrogen) atoms. The van der Waals surface area contributed by atoms with Gasteiger partial charge in [-0.05, 0) is 13.1 Å². The summed E-state index contributed by atoms with van der Waals surface area (Å²) in [5.74, 6) is 0. The van der Waals surface area contributed by atoms with Crippen LogP contribution in [0.15, 0.2) is 0 Å². The lowest BCUT2D eigenvalue weighted by Gasteiger charge is -2.35. The summed E-state index contributed by atoms with van der Waals surface area (Å²) in [5.41, 5.74) is 0. The van der Waals surface area contributed by atoms with E-state index < -0.39 is 26.7 Å². The molecule has 0 rings (SSSR count). The first kappa shape index (κ1) is 19.3. The molecule has 11 heteroatoms. The smallest absolute Gasteiger partial charge is 0.398 e. The molecule has 0 amide bonds. The monoisotopic (exact) mass is 332 g/mol. The number of hydrogen-bond acceptors (Lipinski definition) is 8. The van der Waals surface area contributed by atoms with Gasteiger partial charge in [0, 0.05) is 42.7 Å². The fraction of sp³-hybridized carbons (Fsp3) is 1.00. The Kier molecular flexibility index (Phi) is 8.08. The van der Waals surface area contributed by atoms with E-state index in [1.807, 2.05) is 13.1 Å². The molecule has 0 unspecified atom stereocenters. The van der Waals surface area contributed by atoms with Crippen LogP contribution in [0.2, 0.25) is 13.1 Å². The summed E-state index contributed by atoms with van der Waals surface area (Å²) >= 11 is 0. The molecule has 0 atom stereocenters. The molecule has 0 spiro atoms. The second-order valence-electron chi connectivity index (χ2n) is 3.83. The summed E-state index contributed by atoms with van der Waals surface area (Å²) in [6.07, 6.45) is 0. The van der Waals surface area contributed by atoms with Gasteiger partial charge < -0.3 is 34.8 Å². The van der Waals surface area contributed by atoms with Gasteiger partial charge in [0.1, 0.15) is 0 Å². The van der Waals surface area contributed by atoms with E-state index in [2.05, 4.69) is 0 Å². The zero-order valence-corrected chi connectivity index (χ0v) is 15.8. The fourth-order valence-electron chi connectivity index (χ4n) is 1.14. The zero-order chi connectivity index (χ0) is 15.2. The van der Waals surface area contributed by atoms with Crippen molar-refractivity contribution in [2.45, 2.75) is 13.1 Å². The predicted molar refractivity (Wildman–Crippen MR) is 73.2 cm³/mol. The minimum atomic E-state index is -3.47. The highest BCUT2D eigenvalue weighted by Gasteiger charge is 2.59. The average molecular weight is 333 g/mol. The van der Waals surface area contributed by atoms with Crippen LogP contribution in [-0.4, -0.2) is 69.3 Å². The molecule has 0 bridgehead atoms. The maximum Gasteiger partial charge on any atom is 0.673 e. The summed E-state index contributed by atoms with van der Waals surface area (Å²) < 4.78 is 43.0. The molecule has 0 saturated heterocycles. The van der Waals surface area contributed by atoms with Crippen molar-refractivity contribution < 1.29 is 34.8 Å². The minimum Gasteiger partial charge on any atom is -0.398 e. The molecule has 116 valence electrons. The highest BCUT2D eigenvalue weighted by atomic mass is 28.5. The summed E-state index contributed by atoms with van der Waals surface area (Å²) in [6.45, 7) is 3.68. The molecule has 0 heterocycles. The number of rotatable bonds is 10. The van der Waals surface area contributed by atoms with Crippen LogP contribution in [0.5, 0.6) is 0 Å². The Morgan fingerprint density at radius 3 is 1.11 bits per heavy atom. The van der Waals surface area contributed by atoms with Gasteiger partial charge in [0.2, 0.25) is 0 Å². The van der Waals surface area contributed by atoms with Crippen molar-refractivity contribution in [2.24, 2.45) is 0 Å². The van der Waals surface area contributed by atoms with E-state index in [-0.39, 0.29) is 0 Å². The molecule has 0 radical (unpaired) electrons. The van der Waals surface area contributed by atoms with Gasteiger partial charge in [-0.25, -0.2) is 0 Å². The van der Waals surface area contributed by atoms with Crippen molar-refractivity contribution in [1.82, 2.24) is 0 Å². The Hall–Kier alpha value is 0.331. The van der Waals surface area contributed by atoms with E-state index in [4.69, 9.17) is 34.8 Å². The Morgan fingerprint density at radius 1 is 0.474 bits per heavy atom. The lowest BCUT2D eigenvalue weighted by molar-refractivity contribution is -0.0171. The Morgan fingerprint density at radius 2 is 0.842 bits per heavy atom. The summed E-state index contributed by atoms with van der Waals surface area (Å²) in [5, 5.41) is 0. The maximum atomic E-state index is 5.82. The van der Waals surface area contributed by atoms with Gasteiger partial charge in [-0.1, -0.05) is 0 Å². The SMILES string of the molecule is CO[Si](C)(C)O[Si](OC)(OC)O[Si](OC)(OC)OC. The second kappa shape index (κ2) is 7.94. The summed E-state index contributed by atoms with van der Waals surface area (Å²) in [4.78, 5) is 0. The summed E-state index contributed by atoms with van der Waals surface area (Å²) in [6, 6.07) is 0. The van der Waals surface area contributed by atoms with Crippen molar-refractivity contribution in [3.8, 4) is 0 Å². The molecule has 0 fully saturated rings. The summed E-state index contributed by atoms with van der Waals surface area (Å²) in [7, 11) is -0.608. The largest absolute Gasteiger partial charge is 0.673 e. The van der Waals surface area contributed by atoms with Crippen LogP contribution in [0.3, 0.4) is 0 Å². The van der Waals surface area contributed by atoms with Gasteiger partial charge in [0.05, 0.1) is 0 Å². The van der Waals surface area contributed by atoms with Crippen LogP contribution in [0.25, 0.3) is 0 Å². The molecule has 0 aromatic rings. The molecule has 0 N–H and O–H groups in total. The van der Waals surface area contributed by atoms with Crippen molar-refractivity contribution >= 4 is 26.7 Å². The van der Waals surface area contributed by atoms with Gasteiger partial charge >= 0.3 is 26.7 Å². The Labute approximate surface area is 118 Å². The molecular weight excluding hydrogens is 308 g/mol. The lowest BCUT2D eigenvalue weighted by Crippen LogP contribution is -2.63. The van der Waals surface area contributed by atoms with Crippen LogP contribution in [-0.2, 0) is 34.8 Å². The third-order valence-corrected chi connectivity index (χ3v) is 10.8. The van der Waals surface area contributed by atoms with E-state index in [0.717, 1.165) is 0 Å². The third kappa shape index (κ3) is 5.31. The van der Waals surface area contributed by atoms with E-state index in [1.54, 1.807) is 7.11 Å². The van der Waals surface area contributed by atoms with Gasteiger partial charge in [0.25, 0.3) is 0 Å². The Balaban J connectivity index is 5.18. The third-order valence-electron chi connectivity index (χ3n) is 2.36. The predicted octanol–water partition coefficient (Wildman–Crippen LogP) is 0.471. The molecule has 0 saturated carbocycles. The normalized spacial score (nSPS) is 13.9. The van der Waals surface area contributed by atoms with Gasteiger partial charge in [-0.2, -0.15) is 0 Å². The average Bonchev–Trinajstić information content (AvgIpc) is 2.44. The molecule has 0 aliphatic rings. The van der Waals surface area contributed by atoms with E-state index in [9.17, 15) is 0 Å². The second-order valence-corrected chi connectivity index (χ2v) is 12.7. The van der Waals surface area contributed by atoms with Crippen molar-refractivity contribution in [1.29, 1.82) is 0 Å². The van der Waals surface area contributed by atoms with Crippen molar-refractivity contribution in [3.05, 3.63) is 0 Å². The quantitative estimate of drug-likeness (QED) is 0.535. The molecule has 0 aliphatic carbocycles. The topological polar surface area (TPSA) is 73.8 Å². The van der Waals surface area contributed by atoms with E-state index in [0.29, 0.717) is 0 Å². The van der Waals surface area contributed by atoms with Gasteiger partial charge in [0.15, 0.2) is 0 Å². The number of hydrogen-bond donors (Lipinski definition) is 0. The zero-order valence-electron chi connectivity index (χ0n) is 12.8. The van der Waals surface area contributed by atoms with Crippen LogP contribution in [0.4, 0.5) is 0 Å². The van der Waals surface area contributed by atoms with E-state index >= 15 is 0 Å². The fourth-order valence-corrected chi connectivity index (χ4v) is 8.65. The first-order valence-corrected chi connectivity index (χ1v) is 11.6. The minimum absolute atomic E-state index is 1.42. The van der Waals surface area contributed by atoms with Crippen molar-refractivity contribution in [2.75, 3.05) is 42.7 Å². The molecule has 0 aliphatic heterocycles. The van der Waals surface area contributed by atoms with Gasteiger partial charge in [-0.15, -0.1) is 0 Å². The van der Waals surface area contributed by atoms with Crippen LogP contribution < -0.4 is 0 Å². The van der Waals surface area contributed by atoms with E-state index in [1.165, 1.54) is 35.5 Å². The molecular formula is C8H24O8Si3. The van der Waals surface area contributed by atoms with Crippen LogP contribution in [0.1, 0.15) is 0 Å². The van der Waals surface area contributed by atoms with Gasteiger partial charge in [-0.3, -0.25) is 0 Å². The molecule has 8 nitrogen and oxygen atoms in total. The highest BCUT2D eigenvalue weighted by molar-refractivity contribution is 6.77. The Bertz CT molecular complexity index is 248. The van der Waals surface area contributed by atoms with Crippen molar-refractivity contribution in [3.63, 3.8) is 0 Å². The van der Waals surface area contributed by atoms with Crippen LogP contribution >= 0.6 is 0 Å². The lowest BCUT2D eigenvalue weighted by atomic mass is 11.8. The first-order valence-electron chi connectivity index (χ1n) is 5.49. The highest BCUT2D eigenvalue weighted by Crippen LogP contribution is 2.23. The first-order chi connectivity index (χ1) is 8.78. The maximum absolute atomic E-state index is 5.82. The van der Waals surface area contributed by atoms with Crippen LogP contribution in [0, 0.1) is 0 Å². The molecule has 0 aromatic heterocycles. The standard InChI is InChI=1S/C8H24O8Si3/c1-9-17(7,8)15-19(13-5,14-6)16-18(10-2,11-3)12-4/h1-8H3. The molecule has 0 aromatic carbocycles.